The summed E-state index contributed by atoms with van der Waals surface area (Å²) in [5.74, 6) is 1.12. The topological polar surface area (TPSA) is 35.5 Å². The number of rotatable bonds is 5. The Bertz CT molecular complexity index is 405. The highest BCUT2D eigenvalue weighted by molar-refractivity contribution is 5.34. The molecule has 0 radical (unpaired) electrons. The van der Waals surface area contributed by atoms with Gasteiger partial charge >= 0.3 is 0 Å². The van der Waals surface area contributed by atoms with E-state index in [0.29, 0.717) is 11.8 Å². The molecule has 2 unspecified atom stereocenters. The molecule has 2 atom stereocenters. The van der Waals surface area contributed by atoms with Crippen LogP contribution in [-0.4, -0.2) is 35.7 Å². The monoisotopic (exact) mass is 262 g/mol. The van der Waals surface area contributed by atoms with Gasteiger partial charge in [-0.15, -0.1) is 0 Å². The molecule has 0 bridgehead atoms. The lowest BCUT2D eigenvalue weighted by Crippen LogP contribution is -2.31. The summed E-state index contributed by atoms with van der Waals surface area (Å²) in [5, 5.41) is 13.4. The zero-order valence-corrected chi connectivity index (χ0v) is 12.3. The van der Waals surface area contributed by atoms with Crippen LogP contribution in [0.2, 0.25) is 0 Å². The van der Waals surface area contributed by atoms with Crippen LogP contribution in [0.5, 0.6) is 5.75 Å². The van der Waals surface area contributed by atoms with E-state index in [1.807, 2.05) is 18.2 Å². The van der Waals surface area contributed by atoms with Crippen molar-refractivity contribution in [2.24, 2.45) is 5.92 Å². The van der Waals surface area contributed by atoms with Gasteiger partial charge in [-0.3, -0.25) is 0 Å². The molecule has 0 saturated carbocycles. The smallest absolute Gasteiger partial charge is 0.120 e. The lowest BCUT2D eigenvalue weighted by Gasteiger charge is -2.21. The van der Waals surface area contributed by atoms with Crippen molar-refractivity contribution >= 4 is 0 Å². The van der Waals surface area contributed by atoms with Gasteiger partial charge in [0.1, 0.15) is 5.75 Å². The van der Waals surface area contributed by atoms with Crippen LogP contribution in [0.1, 0.15) is 38.8 Å². The number of hydrogen-bond acceptors (Lipinski definition) is 3. The van der Waals surface area contributed by atoms with E-state index in [4.69, 9.17) is 0 Å². The van der Waals surface area contributed by atoms with E-state index in [9.17, 15) is 5.11 Å². The van der Waals surface area contributed by atoms with Crippen molar-refractivity contribution in [2.75, 3.05) is 19.6 Å². The highest BCUT2D eigenvalue weighted by atomic mass is 16.3. The van der Waals surface area contributed by atoms with E-state index in [1.165, 1.54) is 19.5 Å². The molecule has 0 amide bonds. The molecule has 1 fully saturated rings. The van der Waals surface area contributed by atoms with Crippen molar-refractivity contribution in [3.8, 4) is 5.75 Å². The average molecular weight is 262 g/mol. The van der Waals surface area contributed by atoms with Gasteiger partial charge in [0.2, 0.25) is 0 Å². The van der Waals surface area contributed by atoms with E-state index in [0.717, 1.165) is 18.0 Å². The number of para-hydroxylation sites is 1. The normalized spacial score (nSPS) is 22.0. The summed E-state index contributed by atoms with van der Waals surface area (Å²) in [7, 11) is 0. The zero-order chi connectivity index (χ0) is 13.8. The Morgan fingerprint density at radius 3 is 2.68 bits per heavy atom. The number of aromatic hydroxyl groups is 1. The van der Waals surface area contributed by atoms with Crippen LogP contribution in [0.15, 0.2) is 24.3 Å². The van der Waals surface area contributed by atoms with Crippen LogP contribution in [0, 0.1) is 5.92 Å². The van der Waals surface area contributed by atoms with Gasteiger partial charge in [0.15, 0.2) is 0 Å². The summed E-state index contributed by atoms with van der Waals surface area (Å²) in [6.07, 6.45) is 1.28. The van der Waals surface area contributed by atoms with Gasteiger partial charge in [0.05, 0.1) is 0 Å². The maximum Gasteiger partial charge on any atom is 0.120 e. The van der Waals surface area contributed by atoms with Crippen molar-refractivity contribution in [1.29, 1.82) is 0 Å². The molecule has 1 heterocycles. The third kappa shape index (κ3) is 3.71. The molecule has 19 heavy (non-hydrogen) atoms. The molecule has 1 saturated heterocycles. The number of likely N-dealkylation sites (tertiary alicyclic amines) is 1. The Balaban J connectivity index is 1.82. The minimum absolute atomic E-state index is 0.203. The van der Waals surface area contributed by atoms with Crippen LogP contribution in [0.4, 0.5) is 0 Å². The Kier molecular flexibility index (Phi) is 4.83. The number of phenolic OH excluding ortho intramolecular Hbond substituents is 1. The molecule has 2 rings (SSSR count). The molecule has 1 aliphatic heterocycles. The average Bonchev–Trinajstić information content (AvgIpc) is 2.85. The summed E-state index contributed by atoms with van der Waals surface area (Å²) in [4.78, 5) is 2.54. The van der Waals surface area contributed by atoms with Crippen LogP contribution in [-0.2, 0) is 0 Å². The molecular weight excluding hydrogens is 236 g/mol. The third-order valence-electron chi connectivity index (χ3n) is 4.16. The summed E-state index contributed by atoms with van der Waals surface area (Å²) >= 11 is 0. The highest BCUT2D eigenvalue weighted by Gasteiger charge is 2.24. The van der Waals surface area contributed by atoms with Crippen LogP contribution in [0.3, 0.4) is 0 Å². The van der Waals surface area contributed by atoms with Gasteiger partial charge in [0.25, 0.3) is 0 Å². The quantitative estimate of drug-likeness (QED) is 0.856. The minimum atomic E-state index is 0.203. The molecule has 106 valence electrons. The molecule has 0 spiro atoms. The first-order valence-corrected chi connectivity index (χ1v) is 7.33. The molecule has 1 aromatic rings. The second-order valence-corrected chi connectivity index (χ2v) is 5.93. The fourth-order valence-corrected chi connectivity index (χ4v) is 2.81. The maximum atomic E-state index is 9.84. The molecule has 1 aromatic carbocycles. The first kappa shape index (κ1) is 14.4. The zero-order valence-electron chi connectivity index (χ0n) is 12.3. The van der Waals surface area contributed by atoms with Gasteiger partial charge < -0.3 is 15.3 Å². The van der Waals surface area contributed by atoms with Crippen LogP contribution >= 0.6 is 0 Å². The summed E-state index contributed by atoms with van der Waals surface area (Å²) in [6.45, 7) is 10.1. The second-order valence-electron chi connectivity index (χ2n) is 5.93. The van der Waals surface area contributed by atoms with Gasteiger partial charge in [-0.1, -0.05) is 18.2 Å². The molecule has 1 aliphatic rings. The molecule has 3 nitrogen and oxygen atoms in total. The fourth-order valence-electron chi connectivity index (χ4n) is 2.81. The van der Waals surface area contributed by atoms with E-state index in [-0.39, 0.29) is 6.04 Å². The van der Waals surface area contributed by atoms with Crippen molar-refractivity contribution in [3.63, 3.8) is 0 Å². The predicted molar refractivity (Wildman–Crippen MR) is 79.3 cm³/mol. The Hall–Kier alpha value is -1.06. The van der Waals surface area contributed by atoms with Crippen molar-refractivity contribution in [2.45, 2.75) is 39.3 Å². The first-order chi connectivity index (χ1) is 9.08. The van der Waals surface area contributed by atoms with Crippen molar-refractivity contribution in [1.82, 2.24) is 10.2 Å². The number of nitrogens with zero attached hydrogens (tertiary/aromatic N) is 1. The summed E-state index contributed by atoms with van der Waals surface area (Å²) in [5.41, 5.74) is 0.987. The first-order valence-electron chi connectivity index (χ1n) is 7.33. The lowest BCUT2D eigenvalue weighted by atomic mass is 10.1. The van der Waals surface area contributed by atoms with Crippen molar-refractivity contribution < 1.29 is 5.11 Å². The molecule has 0 aromatic heterocycles. The van der Waals surface area contributed by atoms with Gasteiger partial charge in [0, 0.05) is 24.2 Å². The van der Waals surface area contributed by atoms with Crippen LogP contribution in [0.25, 0.3) is 0 Å². The summed E-state index contributed by atoms with van der Waals surface area (Å²) in [6, 6.07) is 8.44. The van der Waals surface area contributed by atoms with E-state index < -0.39 is 0 Å². The maximum absolute atomic E-state index is 9.84. The van der Waals surface area contributed by atoms with Gasteiger partial charge in [-0.25, -0.2) is 0 Å². The molecule has 3 heteroatoms. The molecular formula is C16H26N2O. The number of hydrogen-bond donors (Lipinski definition) is 2. The fraction of sp³-hybridized carbons (Fsp3) is 0.625. The third-order valence-corrected chi connectivity index (χ3v) is 4.16. The molecule has 2 N–H and O–H groups in total. The number of phenols is 1. The largest absolute Gasteiger partial charge is 0.508 e. The number of nitrogens with one attached hydrogen (secondary N) is 1. The van der Waals surface area contributed by atoms with Gasteiger partial charge in [-0.2, -0.15) is 0 Å². The Morgan fingerprint density at radius 1 is 1.32 bits per heavy atom. The highest BCUT2D eigenvalue weighted by Crippen LogP contribution is 2.24. The van der Waals surface area contributed by atoms with Crippen molar-refractivity contribution in [3.05, 3.63) is 29.8 Å². The Morgan fingerprint density at radius 2 is 2.05 bits per heavy atom. The van der Waals surface area contributed by atoms with Crippen LogP contribution < -0.4 is 5.32 Å². The van der Waals surface area contributed by atoms with E-state index in [2.05, 4.69) is 31.0 Å². The minimum Gasteiger partial charge on any atom is -0.508 e. The summed E-state index contributed by atoms with van der Waals surface area (Å²) < 4.78 is 0. The standard InChI is InChI=1S/C16H26N2O/c1-12(2)18-9-8-14(11-18)10-17-13(3)15-6-4-5-7-16(15)19/h4-7,12-14,17,19H,8-11H2,1-3H3. The molecule has 0 aliphatic carbocycles. The Labute approximate surface area is 116 Å². The SMILES string of the molecule is CC(NCC1CCN(C(C)C)C1)c1ccccc1O. The lowest BCUT2D eigenvalue weighted by molar-refractivity contribution is 0.263. The second kappa shape index (κ2) is 6.40. The number of benzene rings is 1. The van der Waals surface area contributed by atoms with E-state index >= 15 is 0 Å². The van der Waals surface area contributed by atoms with E-state index in [1.54, 1.807) is 6.07 Å². The predicted octanol–water partition coefficient (Wildman–Crippen LogP) is 2.77. The van der Waals surface area contributed by atoms with Gasteiger partial charge in [-0.05, 0) is 52.3 Å².